The van der Waals surface area contributed by atoms with Crippen molar-refractivity contribution < 1.29 is 0 Å². The van der Waals surface area contributed by atoms with Crippen LogP contribution in [0.2, 0.25) is 0 Å². The summed E-state index contributed by atoms with van der Waals surface area (Å²) in [6, 6.07) is 1.91. The Morgan fingerprint density at radius 3 is 2.93 bits per heavy atom. The fourth-order valence-electron chi connectivity index (χ4n) is 1.30. The van der Waals surface area contributed by atoms with Crippen molar-refractivity contribution in [3.8, 4) is 0 Å². The van der Waals surface area contributed by atoms with E-state index in [0.29, 0.717) is 0 Å². The molecule has 3 heteroatoms. The van der Waals surface area contributed by atoms with Gasteiger partial charge in [-0.05, 0) is 24.8 Å². The van der Waals surface area contributed by atoms with E-state index < -0.39 is 0 Å². The first-order chi connectivity index (χ1) is 6.70. The van der Waals surface area contributed by atoms with Crippen LogP contribution >= 0.6 is 0 Å². The van der Waals surface area contributed by atoms with Crippen LogP contribution in [0.4, 0.5) is 11.4 Å². The van der Waals surface area contributed by atoms with Crippen molar-refractivity contribution in [2.75, 3.05) is 17.6 Å². The van der Waals surface area contributed by atoms with Crippen LogP contribution in [0.25, 0.3) is 0 Å². The Morgan fingerprint density at radius 2 is 2.29 bits per heavy atom. The van der Waals surface area contributed by atoms with E-state index in [-0.39, 0.29) is 0 Å². The van der Waals surface area contributed by atoms with Crippen molar-refractivity contribution in [3.05, 3.63) is 18.5 Å². The third-order valence-electron chi connectivity index (χ3n) is 2.13. The predicted octanol–water partition coefficient (Wildman–Crippen LogP) is 2.51. The minimum atomic E-state index is 0.719. The Labute approximate surface area is 85.7 Å². The highest BCUT2D eigenvalue weighted by molar-refractivity contribution is 5.63. The summed E-state index contributed by atoms with van der Waals surface area (Å²) >= 11 is 0. The molecule has 1 rings (SSSR count). The van der Waals surface area contributed by atoms with Gasteiger partial charge in [-0.3, -0.25) is 4.98 Å². The lowest BCUT2D eigenvalue weighted by Gasteiger charge is -2.09. The predicted molar refractivity (Wildman–Crippen MR) is 61.2 cm³/mol. The smallest absolute Gasteiger partial charge is 0.0736 e. The molecule has 0 amide bonds. The lowest BCUT2D eigenvalue weighted by Crippen LogP contribution is -2.05. The van der Waals surface area contributed by atoms with Crippen molar-refractivity contribution in [1.82, 2.24) is 4.98 Å². The van der Waals surface area contributed by atoms with Crippen LogP contribution in [0.1, 0.15) is 26.7 Å². The molecule has 14 heavy (non-hydrogen) atoms. The van der Waals surface area contributed by atoms with Gasteiger partial charge < -0.3 is 11.1 Å². The standard InChI is InChI=1S/C11H19N3/c1-9(2)4-3-6-14-11-5-7-13-8-10(11)12/h5,7-9H,3-4,6,12H2,1-2H3,(H,13,14). The third-order valence-corrected chi connectivity index (χ3v) is 2.13. The summed E-state index contributed by atoms with van der Waals surface area (Å²) in [6.07, 6.45) is 5.85. The van der Waals surface area contributed by atoms with Crippen molar-refractivity contribution in [2.24, 2.45) is 5.92 Å². The van der Waals surface area contributed by atoms with Crippen LogP contribution in [-0.2, 0) is 0 Å². The van der Waals surface area contributed by atoms with Gasteiger partial charge in [0, 0.05) is 12.7 Å². The zero-order chi connectivity index (χ0) is 10.4. The van der Waals surface area contributed by atoms with Crippen LogP contribution in [0, 0.1) is 5.92 Å². The van der Waals surface area contributed by atoms with Crippen LogP contribution in [0.3, 0.4) is 0 Å². The molecular weight excluding hydrogens is 174 g/mol. The first-order valence-electron chi connectivity index (χ1n) is 5.13. The largest absolute Gasteiger partial charge is 0.396 e. The number of hydrogen-bond donors (Lipinski definition) is 2. The zero-order valence-electron chi connectivity index (χ0n) is 8.96. The minimum absolute atomic E-state index is 0.719. The fraction of sp³-hybridized carbons (Fsp3) is 0.545. The normalized spacial score (nSPS) is 10.5. The van der Waals surface area contributed by atoms with E-state index in [2.05, 4.69) is 24.1 Å². The minimum Gasteiger partial charge on any atom is -0.396 e. The van der Waals surface area contributed by atoms with Gasteiger partial charge in [0.25, 0.3) is 0 Å². The van der Waals surface area contributed by atoms with Crippen molar-refractivity contribution in [1.29, 1.82) is 0 Å². The van der Waals surface area contributed by atoms with E-state index in [1.54, 1.807) is 12.4 Å². The molecule has 0 bridgehead atoms. The van der Waals surface area contributed by atoms with Crippen LogP contribution in [0.15, 0.2) is 18.5 Å². The quantitative estimate of drug-likeness (QED) is 0.706. The maximum absolute atomic E-state index is 5.74. The molecule has 0 atom stereocenters. The highest BCUT2D eigenvalue weighted by atomic mass is 14.9. The lowest BCUT2D eigenvalue weighted by molar-refractivity contribution is 0.567. The second kappa shape index (κ2) is 5.47. The maximum atomic E-state index is 5.74. The van der Waals surface area contributed by atoms with E-state index in [0.717, 1.165) is 23.8 Å². The van der Waals surface area contributed by atoms with Crippen molar-refractivity contribution >= 4 is 11.4 Å². The van der Waals surface area contributed by atoms with Gasteiger partial charge in [0.2, 0.25) is 0 Å². The van der Waals surface area contributed by atoms with Crippen LogP contribution in [0.5, 0.6) is 0 Å². The molecule has 0 unspecified atom stereocenters. The molecule has 0 saturated heterocycles. The summed E-state index contributed by atoms with van der Waals surface area (Å²) in [6.45, 7) is 5.45. The molecule has 0 aromatic carbocycles. The van der Waals surface area contributed by atoms with Gasteiger partial charge in [-0.25, -0.2) is 0 Å². The van der Waals surface area contributed by atoms with Gasteiger partial charge in [-0.2, -0.15) is 0 Å². The van der Waals surface area contributed by atoms with Gasteiger partial charge in [-0.15, -0.1) is 0 Å². The molecule has 1 aromatic heterocycles. The molecule has 1 heterocycles. The van der Waals surface area contributed by atoms with Gasteiger partial charge in [-0.1, -0.05) is 13.8 Å². The Hall–Kier alpha value is -1.25. The summed E-state index contributed by atoms with van der Waals surface area (Å²) in [5, 5.41) is 3.30. The van der Waals surface area contributed by atoms with E-state index in [1.807, 2.05) is 6.07 Å². The SMILES string of the molecule is CC(C)CCCNc1ccncc1N. The Kier molecular flexibility index (Phi) is 4.23. The number of nitrogen functional groups attached to an aromatic ring is 1. The van der Waals surface area contributed by atoms with Gasteiger partial charge >= 0.3 is 0 Å². The molecule has 0 saturated carbocycles. The zero-order valence-corrected chi connectivity index (χ0v) is 8.96. The number of hydrogen-bond acceptors (Lipinski definition) is 3. The second-order valence-corrected chi connectivity index (χ2v) is 3.93. The molecule has 78 valence electrons. The Bertz CT molecular complexity index is 271. The second-order valence-electron chi connectivity index (χ2n) is 3.93. The number of nitrogens with one attached hydrogen (secondary N) is 1. The molecule has 0 fully saturated rings. The summed E-state index contributed by atoms with van der Waals surface area (Å²) in [5.74, 6) is 0.770. The number of pyridine rings is 1. The highest BCUT2D eigenvalue weighted by Gasteiger charge is 1.97. The first kappa shape index (κ1) is 10.8. The number of nitrogens with zero attached hydrogens (tertiary/aromatic N) is 1. The number of aromatic nitrogens is 1. The van der Waals surface area contributed by atoms with Gasteiger partial charge in [0.05, 0.1) is 17.6 Å². The number of rotatable bonds is 5. The first-order valence-corrected chi connectivity index (χ1v) is 5.13. The number of anilines is 2. The van der Waals surface area contributed by atoms with Crippen molar-refractivity contribution in [2.45, 2.75) is 26.7 Å². The highest BCUT2D eigenvalue weighted by Crippen LogP contribution is 2.15. The van der Waals surface area contributed by atoms with E-state index >= 15 is 0 Å². The maximum Gasteiger partial charge on any atom is 0.0736 e. The third kappa shape index (κ3) is 3.64. The summed E-state index contributed by atoms with van der Waals surface area (Å²) < 4.78 is 0. The summed E-state index contributed by atoms with van der Waals surface area (Å²) in [4.78, 5) is 3.94. The van der Waals surface area contributed by atoms with E-state index in [9.17, 15) is 0 Å². The molecule has 0 aliphatic carbocycles. The fourth-order valence-corrected chi connectivity index (χ4v) is 1.30. The Morgan fingerprint density at radius 1 is 1.50 bits per heavy atom. The van der Waals surface area contributed by atoms with Crippen LogP contribution < -0.4 is 11.1 Å². The van der Waals surface area contributed by atoms with E-state index in [4.69, 9.17) is 5.73 Å². The van der Waals surface area contributed by atoms with E-state index in [1.165, 1.54) is 12.8 Å². The lowest BCUT2D eigenvalue weighted by atomic mass is 10.1. The Balaban J connectivity index is 2.28. The average molecular weight is 193 g/mol. The summed E-state index contributed by atoms with van der Waals surface area (Å²) in [7, 11) is 0. The monoisotopic (exact) mass is 193 g/mol. The molecule has 1 aromatic rings. The van der Waals surface area contributed by atoms with Gasteiger partial charge in [0.15, 0.2) is 0 Å². The molecule has 0 aliphatic rings. The molecular formula is C11H19N3. The van der Waals surface area contributed by atoms with Crippen molar-refractivity contribution in [3.63, 3.8) is 0 Å². The molecule has 0 spiro atoms. The molecule has 0 radical (unpaired) electrons. The van der Waals surface area contributed by atoms with Gasteiger partial charge in [0.1, 0.15) is 0 Å². The molecule has 3 nitrogen and oxygen atoms in total. The topological polar surface area (TPSA) is 50.9 Å². The number of nitrogens with two attached hydrogens (primary N) is 1. The molecule has 0 aliphatic heterocycles. The molecule has 3 N–H and O–H groups in total. The van der Waals surface area contributed by atoms with Crippen LogP contribution in [-0.4, -0.2) is 11.5 Å². The summed E-state index contributed by atoms with van der Waals surface area (Å²) in [5.41, 5.74) is 7.45. The average Bonchev–Trinajstić information content (AvgIpc) is 2.15.